The van der Waals surface area contributed by atoms with Crippen LogP contribution in [0.3, 0.4) is 0 Å². The molecule has 3 rings (SSSR count). The number of nitrogens with zero attached hydrogens (tertiary/aromatic N) is 3. The first-order valence-corrected chi connectivity index (χ1v) is 7.24. The van der Waals surface area contributed by atoms with E-state index in [0.29, 0.717) is 6.54 Å². The lowest BCUT2D eigenvalue weighted by molar-refractivity contribution is 0.0784. The fourth-order valence-corrected chi connectivity index (χ4v) is 2.82. The molecule has 1 amide bonds. The maximum absolute atomic E-state index is 12.7. The smallest absolute Gasteiger partial charge is 0.254 e. The Balaban J connectivity index is 0.00000132. The summed E-state index contributed by atoms with van der Waals surface area (Å²) in [6.45, 7) is 1.56. The first-order chi connectivity index (χ1) is 10.1. The number of halogens is 2. The number of fused-ring (bicyclic) bond motifs is 1. The fraction of sp³-hybridized carbons (Fsp3) is 0.375. The zero-order valence-corrected chi connectivity index (χ0v) is 14.9. The summed E-state index contributed by atoms with van der Waals surface area (Å²) in [6.07, 6.45) is 5.77. The van der Waals surface area contributed by atoms with E-state index in [-0.39, 0.29) is 30.7 Å². The van der Waals surface area contributed by atoms with E-state index in [0.717, 1.165) is 41.8 Å². The Morgan fingerprint density at radius 2 is 2.17 bits per heavy atom. The average Bonchev–Trinajstić information content (AvgIpc) is 2.91. The van der Waals surface area contributed by atoms with Crippen LogP contribution < -0.4 is 5.32 Å². The van der Waals surface area contributed by atoms with Crippen LogP contribution in [0.25, 0.3) is 0 Å². The van der Waals surface area contributed by atoms with E-state index in [9.17, 15) is 4.79 Å². The van der Waals surface area contributed by atoms with Gasteiger partial charge in [0.15, 0.2) is 0 Å². The Bertz CT molecular complexity index is 672. The lowest BCUT2D eigenvalue weighted by atomic mass is 9.97. The largest absolute Gasteiger partial charge is 0.385 e. The van der Waals surface area contributed by atoms with E-state index in [1.807, 2.05) is 38.5 Å². The van der Waals surface area contributed by atoms with Crippen LogP contribution in [0.15, 0.2) is 30.6 Å². The van der Waals surface area contributed by atoms with Crippen molar-refractivity contribution in [3.8, 4) is 0 Å². The average molecular weight is 357 g/mol. The molecule has 0 fully saturated rings. The molecule has 0 saturated heterocycles. The van der Waals surface area contributed by atoms with Gasteiger partial charge in [0, 0.05) is 50.2 Å². The summed E-state index contributed by atoms with van der Waals surface area (Å²) in [6, 6.07) is 5.92. The first kappa shape index (κ1) is 19.3. The highest BCUT2D eigenvalue weighted by molar-refractivity contribution is 5.97. The second-order valence-corrected chi connectivity index (χ2v) is 5.55. The van der Waals surface area contributed by atoms with Gasteiger partial charge in [0.2, 0.25) is 0 Å². The lowest BCUT2D eigenvalue weighted by Crippen LogP contribution is -2.28. The summed E-state index contributed by atoms with van der Waals surface area (Å²) in [5.74, 6) is 0.0689. The predicted molar refractivity (Wildman–Crippen MR) is 96.8 cm³/mol. The molecule has 0 aliphatic carbocycles. The Labute approximate surface area is 148 Å². The minimum absolute atomic E-state index is 0. The van der Waals surface area contributed by atoms with Crippen molar-refractivity contribution >= 4 is 36.4 Å². The van der Waals surface area contributed by atoms with Crippen LogP contribution in [-0.2, 0) is 20.0 Å². The van der Waals surface area contributed by atoms with Crippen LogP contribution in [0.2, 0.25) is 0 Å². The van der Waals surface area contributed by atoms with Crippen molar-refractivity contribution in [1.29, 1.82) is 0 Å². The predicted octanol–water partition coefficient (Wildman–Crippen LogP) is 2.89. The Morgan fingerprint density at radius 3 is 2.87 bits per heavy atom. The summed E-state index contributed by atoms with van der Waals surface area (Å²) >= 11 is 0. The van der Waals surface area contributed by atoms with Crippen molar-refractivity contribution < 1.29 is 4.79 Å². The molecule has 126 valence electrons. The quantitative estimate of drug-likeness (QED) is 0.919. The number of nitrogens with one attached hydrogen (secondary N) is 1. The number of aryl methyl sites for hydroxylation is 1. The van der Waals surface area contributed by atoms with Crippen LogP contribution in [-0.4, -0.2) is 34.2 Å². The number of aromatic nitrogens is 2. The lowest BCUT2D eigenvalue weighted by Gasteiger charge is -2.23. The van der Waals surface area contributed by atoms with Crippen LogP contribution in [0.1, 0.15) is 27.9 Å². The molecular formula is C16H22Cl2N4O. The highest BCUT2D eigenvalue weighted by Crippen LogP contribution is 2.26. The molecule has 1 aliphatic rings. The number of carbonyl (C=O) groups excluding carboxylic acids is 1. The van der Waals surface area contributed by atoms with Gasteiger partial charge in [-0.2, -0.15) is 5.10 Å². The van der Waals surface area contributed by atoms with Crippen molar-refractivity contribution in [3.63, 3.8) is 0 Å². The van der Waals surface area contributed by atoms with Crippen molar-refractivity contribution in [2.75, 3.05) is 18.9 Å². The SMILES string of the molecule is CN(Cc1cnn(C)c1)C(=O)c1cccc2c1CCCN2.Cl.Cl. The van der Waals surface area contributed by atoms with Crippen molar-refractivity contribution in [3.05, 3.63) is 47.3 Å². The number of amides is 1. The number of anilines is 1. The van der Waals surface area contributed by atoms with Crippen LogP contribution >= 0.6 is 24.8 Å². The first-order valence-electron chi connectivity index (χ1n) is 7.24. The molecule has 1 N–H and O–H groups in total. The van der Waals surface area contributed by atoms with Crippen LogP contribution in [0.5, 0.6) is 0 Å². The normalized spacial score (nSPS) is 12.3. The van der Waals surface area contributed by atoms with Gasteiger partial charge in [-0.15, -0.1) is 24.8 Å². The zero-order chi connectivity index (χ0) is 14.8. The van der Waals surface area contributed by atoms with Gasteiger partial charge in [0.1, 0.15) is 0 Å². The molecule has 1 aliphatic heterocycles. The molecule has 0 saturated carbocycles. The molecule has 7 heteroatoms. The number of hydrogen-bond acceptors (Lipinski definition) is 3. The molecule has 0 atom stereocenters. The van der Waals surface area contributed by atoms with E-state index in [4.69, 9.17) is 0 Å². The Hall–Kier alpha value is -1.72. The highest BCUT2D eigenvalue weighted by atomic mass is 35.5. The van der Waals surface area contributed by atoms with Gasteiger partial charge in [0.05, 0.1) is 6.20 Å². The monoisotopic (exact) mass is 356 g/mol. The Morgan fingerprint density at radius 1 is 1.39 bits per heavy atom. The maximum Gasteiger partial charge on any atom is 0.254 e. The number of benzene rings is 1. The Kier molecular flexibility index (Phi) is 6.91. The summed E-state index contributed by atoms with van der Waals surface area (Å²) in [7, 11) is 3.72. The molecule has 23 heavy (non-hydrogen) atoms. The maximum atomic E-state index is 12.7. The molecule has 0 radical (unpaired) electrons. The third-order valence-corrected chi connectivity index (χ3v) is 3.85. The van der Waals surface area contributed by atoms with Gasteiger partial charge in [-0.25, -0.2) is 0 Å². The summed E-state index contributed by atoms with van der Waals surface area (Å²) in [5, 5.41) is 7.51. The fourth-order valence-electron chi connectivity index (χ4n) is 2.82. The van der Waals surface area contributed by atoms with Crippen molar-refractivity contribution in [1.82, 2.24) is 14.7 Å². The molecule has 2 aromatic rings. The van der Waals surface area contributed by atoms with Crippen LogP contribution in [0.4, 0.5) is 5.69 Å². The second kappa shape index (κ2) is 8.22. The molecule has 0 spiro atoms. The summed E-state index contributed by atoms with van der Waals surface area (Å²) in [5.41, 5.74) is 4.09. The van der Waals surface area contributed by atoms with E-state index >= 15 is 0 Å². The molecule has 1 aromatic heterocycles. The summed E-state index contributed by atoms with van der Waals surface area (Å²) < 4.78 is 1.75. The number of rotatable bonds is 3. The van der Waals surface area contributed by atoms with Crippen molar-refractivity contribution in [2.24, 2.45) is 7.05 Å². The standard InChI is InChI=1S/C16H20N4O.2ClH/c1-19(10-12-9-18-20(2)11-12)16(21)14-5-3-7-15-13(14)6-4-8-17-15;;/h3,5,7,9,11,17H,4,6,8,10H2,1-2H3;2*1H. The van der Waals surface area contributed by atoms with E-state index in [1.165, 1.54) is 0 Å². The zero-order valence-electron chi connectivity index (χ0n) is 13.3. The van der Waals surface area contributed by atoms with E-state index < -0.39 is 0 Å². The van der Waals surface area contributed by atoms with Gasteiger partial charge in [-0.3, -0.25) is 9.48 Å². The molecule has 5 nitrogen and oxygen atoms in total. The van der Waals surface area contributed by atoms with E-state index in [2.05, 4.69) is 10.4 Å². The molecule has 0 unspecified atom stereocenters. The van der Waals surface area contributed by atoms with Gasteiger partial charge < -0.3 is 10.2 Å². The molecule has 0 bridgehead atoms. The van der Waals surface area contributed by atoms with Gasteiger partial charge in [-0.1, -0.05) is 6.07 Å². The van der Waals surface area contributed by atoms with Crippen LogP contribution in [0, 0.1) is 0 Å². The topological polar surface area (TPSA) is 50.2 Å². The van der Waals surface area contributed by atoms with Gasteiger partial charge >= 0.3 is 0 Å². The molecular weight excluding hydrogens is 335 g/mol. The third-order valence-electron chi connectivity index (χ3n) is 3.85. The minimum atomic E-state index is 0. The molecule has 2 heterocycles. The number of carbonyl (C=O) groups is 1. The number of hydrogen-bond donors (Lipinski definition) is 1. The highest BCUT2D eigenvalue weighted by Gasteiger charge is 2.20. The third kappa shape index (κ3) is 4.18. The molecule has 1 aromatic carbocycles. The van der Waals surface area contributed by atoms with E-state index in [1.54, 1.807) is 15.8 Å². The minimum Gasteiger partial charge on any atom is -0.385 e. The summed E-state index contributed by atoms with van der Waals surface area (Å²) in [4.78, 5) is 14.4. The van der Waals surface area contributed by atoms with Gasteiger partial charge in [-0.05, 0) is 30.5 Å². The second-order valence-electron chi connectivity index (χ2n) is 5.55. The van der Waals surface area contributed by atoms with Gasteiger partial charge in [0.25, 0.3) is 5.91 Å². The van der Waals surface area contributed by atoms with Crippen molar-refractivity contribution in [2.45, 2.75) is 19.4 Å².